The van der Waals surface area contributed by atoms with Crippen molar-refractivity contribution >= 4 is 5.91 Å². The number of nitrogens with zero attached hydrogens (tertiary/aromatic N) is 1. The van der Waals surface area contributed by atoms with Crippen molar-refractivity contribution in [2.45, 2.75) is 19.8 Å². The Labute approximate surface area is 118 Å². The Hall–Kier alpha value is -2.48. The second-order valence-corrected chi connectivity index (χ2v) is 4.30. The van der Waals surface area contributed by atoms with Gasteiger partial charge < -0.3 is 15.7 Å². The molecule has 3 N–H and O–H groups in total. The van der Waals surface area contributed by atoms with E-state index in [-0.39, 0.29) is 17.2 Å². The molecule has 5 heteroatoms. The summed E-state index contributed by atoms with van der Waals surface area (Å²) in [6, 6.07) is 8.79. The minimum absolute atomic E-state index is 0.0733. The Bertz CT molecular complexity index is 501. The summed E-state index contributed by atoms with van der Waals surface area (Å²) in [6.45, 7) is 3.12. The lowest BCUT2D eigenvalue weighted by atomic mass is 10.1. The molecule has 20 heavy (non-hydrogen) atoms. The average molecular weight is 273 g/mol. The van der Waals surface area contributed by atoms with Crippen LogP contribution in [0.1, 0.15) is 18.9 Å². The largest absolute Gasteiger partial charge is 0.508 e. The summed E-state index contributed by atoms with van der Waals surface area (Å²) >= 11 is 0. The van der Waals surface area contributed by atoms with Crippen LogP contribution >= 0.6 is 0 Å². The van der Waals surface area contributed by atoms with Gasteiger partial charge >= 0.3 is 0 Å². The number of phenolic OH excluding ortho intramolecular Hbond substituents is 1. The fourth-order valence-electron chi connectivity index (χ4n) is 1.54. The second-order valence-electron chi connectivity index (χ2n) is 4.30. The van der Waals surface area contributed by atoms with Crippen molar-refractivity contribution in [3.63, 3.8) is 0 Å². The first-order valence-corrected chi connectivity index (χ1v) is 6.57. The van der Waals surface area contributed by atoms with Crippen molar-refractivity contribution < 1.29 is 9.90 Å². The summed E-state index contributed by atoms with van der Waals surface area (Å²) in [5.41, 5.74) is 1.14. The molecule has 0 atom stereocenters. The fourth-order valence-corrected chi connectivity index (χ4v) is 1.54. The number of benzene rings is 1. The molecule has 1 amide bonds. The van der Waals surface area contributed by atoms with E-state index in [0.717, 1.165) is 18.4 Å². The van der Waals surface area contributed by atoms with Crippen LogP contribution in [-0.4, -0.2) is 24.1 Å². The quantitative estimate of drug-likeness (QED) is 0.399. The normalized spacial score (nSPS) is 10.7. The smallest absolute Gasteiger partial charge is 0.263 e. The summed E-state index contributed by atoms with van der Waals surface area (Å²) in [6.07, 6.45) is 3.01. The molecule has 1 aromatic rings. The minimum Gasteiger partial charge on any atom is -0.508 e. The van der Waals surface area contributed by atoms with Gasteiger partial charge in [0.1, 0.15) is 17.4 Å². The Kier molecular flexibility index (Phi) is 6.69. The van der Waals surface area contributed by atoms with Crippen LogP contribution in [-0.2, 0) is 11.2 Å². The van der Waals surface area contributed by atoms with Crippen molar-refractivity contribution in [1.82, 2.24) is 10.6 Å². The van der Waals surface area contributed by atoms with Gasteiger partial charge in [0.2, 0.25) is 0 Å². The predicted octanol–water partition coefficient (Wildman–Crippen LogP) is 1.46. The standard InChI is InChI=1S/C15H19N3O2/c1-2-8-18-15(20)13(10-16)11-17-9-7-12-3-5-14(19)6-4-12/h3-6,11,17,19H,2,7-9H2,1H3,(H,18,20)/b13-11-. The molecule has 0 saturated heterocycles. The molecule has 0 aliphatic carbocycles. The maximum absolute atomic E-state index is 11.6. The molecular formula is C15H19N3O2. The molecule has 0 radical (unpaired) electrons. The Morgan fingerprint density at radius 2 is 2.05 bits per heavy atom. The van der Waals surface area contributed by atoms with E-state index in [2.05, 4.69) is 10.6 Å². The Morgan fingerprint density at radius 1 is 1.35 bits per heavy atom. The molecule has 0 aliphatic heterocycles. The number of hydrogen-bond donors (Lipinski definition) is 3. The first kappa shape index (κ1) is 15.6. The van der Waals surface area contributed by atoms with Crippen LogP contribution in [0.3, 0.4) is 0 Å². The number of carbonyl (C=O) groups is 1. The highest BCUT2D eigenvalue weighted by Crippen LogP contribution is 2.09. The number of rotatable bonds is 7. The van der Waals surface area contributed by atoms with Gasteiger partial charge in [0.15, 0.2) is 0 Å². The van der Waals surface area contributed by atoms with E-state index in [0.29, 0.717) is 13.1 Å². The van der Waals surface area contributed by atoms with Gasteiger partial charge in [-0.05, 0) is 30.5 Å². The molecule has 1 aromatic carbocycles. The highest BCUT2D eigenvalue weighted by Gasteiger charge is 2.06. The van der Waals surface area contributed by atoms with E-state index in [1.165, 1.54) is 6.20 Å². The Morgan fingerprint density at radius 3 is 2.65 bits per heavy atom. The van der Waals surface area contributed by atoms with E-state index < -0.39 is 0 Å². The van der Waals surface area contributed by atoms with Gasteiger partial charge in [-0.3, -0.25) is 4.79 Å². The molecule has 0 aliphatic rings. The third kappa shape index (κ3) is 5.44. The van der Waals surface area contributed by atoms with Crippen molar-refractivity contribution in [1.29, 1.82) is 5.26 Å². The molecule has 106 valence electrons. The predicted molar refractivity (Wildman–Crippen MR) is 76.8 cm³/mol. The number of nitrogens with one attached hydrogen (secondary N) is 2. The summed E-state index contributed by atoms with van der Waals surface area (Å²) < 4.78 is 0. The molecule has 1 rings (SSSR count). The number of carbonyl (C=O) groups excluding carboxylic acids is 1. The van der Waals surface area contributed by atoms with Crippen molar-refractivity contribution in [3.8, 4) is 11.8 Å². The molecule has 0 bridgehead atoms. The molecule has 0 heterocycles. The molecule has 0 spiro atoms. The van der Waals surface area contributed by atoms with Crippen molar-refractivity contribution in [2.24, 2.45) is 0 Å². The summed E-state index contributed by atoms with van der Waals surface area (Å²) in [5, 5.41) is 23.7. The third-order valence-corrected chi connectivity index (χ3v) is 2.64. The summed E-state index contributed by atoms with van der Waals surface area (Å²) in [5.74, 6) is -0.118. The number of nitriles is 1. The van der Waals surface area contributed by atoms with E-state index in [1.54, 1.807) is 12.1 Å². The fraction of sp³-hybridized carbons (Fsp3) is 0.333. The van der Waals surface area contributed by atoms with Crippen LogP contribution in [0.2, 0.25) is 0 Å². The minimum atomic E-state index is -0.355. The number of amides is 1. The van der Waals surface area contributed by atoms with Crippen LogP contribution < -0.4 is 10.6 Å². The molecule has 0 fully saturated rings. The lowest BCUT2D eigenvalue weighted by Gasteiger charge is -2.04. The zero-order valence-corrected chi connectivity index (χ0v) is 11.5. The van der Waals surface area contributed by atoms with Gasteiger partial charge in [-0.25, -0.2) is 0 Å². The van der Waals surface area contributed by atoms with E-state index in [1.807, 2.05) is 25.1 Å². The van der Waals surface area contributed by atoms with Crippen LogP contribution in [0, 0.1) is 11.3 Å². The zero-order chi connectivity index (χ0) is 14.8. The van der Waals surface area contributed by atoms with Gasteiger partial charge in [0, 0.05) is 19.3 Å². The molecule has 0 saturated carbocycles. The number of phenols is 1. The van der Waals surface area contributed by atoms with Crippen LogP contribution in [0.15, 0.2) is 36.0 Å². The van der Waals surface area contributed by atoms with Gasteiger partial charge in [-0.15, -0.1) is 0 Å². The number of aromatic hydroxyl groups is 1. The van der Waals surface area contributed by atoms with Gasteiger partial charge in [-0.1, -0.05) is 19.1 Å². The number of hydrogen-bond acceptors (Lipinski definition) is 4. The summed E-state index contributed by atoms with van der Waals surface area (Å²) in [4.78, 5) is 11.6. The van der Waals surface area contributed by atoms with Crippen LogP contribution in [0.5, 0.6) is 5.75 Å². The second kappa shape index (κ2) is 8.59. The van der Waals surface area contributed by atoms with E-state index in [9.17, 15) is 4.79 Å². The molecule has 0 unspecified atom stereocenters. The SMILES string of the molecule is CCCNC(=O)/C(C#N)=C\NCCc1ccc(O)cc1. The lowest BCUT2D eigenvalue weighted by molar-refractivity contribution is -0.117. The van der Waals surface area contributed by atoms with Crippen molar-refractivity contribution in [3.05, 3.63) is 41.6 Å². The molecular weight excluding hydrogens is 254 g/mol. The van der Waals surface area contributed by atoms with Crippen molar-refractivity contribution in [2.75, 3.05) is 13.1 Å². The maximum Gasteiger partial charge on any atom is 0.263 e. The van der Waals surface area contributed by atoms with Crippen LogP contribution in [0.4, 0.5) is 0 Å². The highest BCUT2D eigenvalue weighted by molar-refractivity contribution is 5.97. The van der Waals surface area contributed by atoms with Gasteiger partial charge in [0.05, 0.1) is 0 Å². The average Bonchev–Trinajstić information content (AvgIpc) is 2.46. The third-order valence-electron chi connectivity index (χ3n) is 2.64. The summed E-state index contributed by atoms with van der Waals surface area (Å²) in [7, 11) is 0. The molecule has 0 aromatic heterocycles. The van der Waals surface area contributed by atoms with E-state index >= 15 is 0 Å². The van der Waals surface area contributed by atoms with E-state index in [4.69, 9.17) is 10.4 Å². The lowest BCUT2D eigenvalue weighted by Crippen LogP contribution is -2.26. The first-order chi connectivity index (χ1) is 9.67. The topological polar surface area (TPSA) is 85.2 Å². The van der Waals surface area contributed by atoms with Crippen LogP contribution in [0.25, 0.3) is 0 Å². The Balaban J connectivity index is 2.40. The zero-order valence-electron chi connectivity index (χ0n) is 11.5. The molecule has 5 nitrogen and oxygen atoms in total. The maximum atomic E-state index is 11.6. The first-order valence-electron chi connectivity index (χ1n) is 6.57. The van der Waals surface area contributed by atoms with Gasteiger partial charge in [0.25, 0.3) is 5.91 Å². The highest BCUT2D eigenvalue weighted by atomic mass is 16.3. The van der Waals surface area contributed by atoms with Gasteiger partial charge in [-0.2, -0.15) is 5.26 Å². The monoisotopic (exact) mass is 273 g/mol.